The average Bonchev–Trinajstić information content (AvgIpc) is 2.38. The third kappa shape index (κ3) is 3.94. The molecule has 0 bridgehead atoms. The number of hydrogen-bond donors (Lipinski definition) is 0. The topological polar surface area (TPSA) is 85.4 Å². The minimum absolute atomic E-state index is 0.116. The average molecular weight is 250 g/mol. The van der Waals surface area contributed by atoms with Crippen molar-refractivity contribution < 1.29 is 14.4 Å². The van der Waals surface area contributed by atoms with E-state index in [1.54, 1.807) is 6.07 Å². The summed E-state index contributed by atoms with van der Waals surface area (Å²) in [7, 11) is 1.45. The van der Waals surface area contributed by atoms with Crippen LogP contribution in [0.1, 0.15) is 19.3 Å². The van der Waals surface area contributed by atoms with Gasteiger partial charge in [0, 0.05) is 6.42 Å². The predicted octanol–water partition coefficient (Wildman–Crippen LogP) is 2.68. The molecule has 0 saturated heterocycles. The minimum atomic E-state index is -0.507. The molecular formula is C12H14N2O4. The molecule has 0 spiro atoms. The first kappa shape index (κ1) is 13.8. The molecule has 0 aliphatic carbocycles. The number of nitro groups is 1. The smallest absolute Gasteiger partial charge is 0.314 e. The Bertz CT molecular complexity index is 454. The second-order valence-electron chi connectivity index (χ2n) is 3.55. The van der Waals surface area contributed by atoms with Crippen LogP contribution < -0.4 is 9.47 Å². The molecule has 18 heavy (non-hydrogen) atoms. The molecule has 6 heteroatoms. The van der Waals surface area contributed by atoms with Crippen molar-refractivity contribution in [1.29, 1.82) is 5.26 Å². The maximum atomic E-state index is 10.9. The molecule has 0 aromatic heterocycles. The van der Waals surface area contributed by atoms with Gasteiger partial charge >= 0.3 is 5.69 Å². The Labute approximate surface area is 105 Å². The normalized spacial score (nSPS) is 9.56. The van der Waals surface area contributed by atoms with E-state index in [1.165, 1.54) is 19.2 Å². The molecule has 1 rings (SSSR count). The molecule has 6 nitrogen and oxygen atoms in total. The molecule has 1 aromatic rings. The Kier molecular flexibility index (Phi) is 5.45. The van der Waals surface area contributed by atoms with Crippen LogP contribution in [0, 0.1) is 21.4 Å². The van der Waals surface area contributed by atoms with Crippen LogP contribution in [-0.4, -0.2) is 18.6 Å². The molecule has 0 aliphatic rings. The van der Waals surface area contributed by atoms with E-state index in [1.807, 2.05) is 6.07 Å². The monoisotopic (exact) mass is 250 g/mol. The zero-order chi connectivity index (χ0) is 13.4. The molecule has 0 fully saturated rings. The van der Waals surface area contributed by atoms with Crippen molar-refractivity contribution in [2.24, 2.45) is 0 Å². The maximum Gasteiger partial charge on any atom is 0.314 e. The van der Waals surface area contributed by atoms with Crippen molar-refractivity contribution in [1.82, 2.24) is 0 Å². The second-order valence-corrected chi connectivity index (χ2v) is 3.55. The van der Waals surface area contributed by atoms with Gasteiger partial charge in [0.1, 0.15) is 5.75 Å². The third-order valence-corrected chi connectivity index (χ3v) is 2.30. The van der Waals surface area contributed by atoms with Crippen molar-refractivity contribution in [2.45, 2.75) is 19.3 Å². The van der Waals surface area contributed by atoms with Gasteiger partial charge in [-0.15, -0.1) is 0 Å². The van der Waals surface area contributed by atoms with Gasteiger partial charge in [-0.25, -0.2) is 0 Å². The lowest BCUT2D eigenvalue weighted by Crippen LogP contribution is -2.01. The maximum absolute atomic E-state index is 10.9. The van der Waals surface area contributed by atoms with Crippen molar-refractivity contribution in [3.63, 3.8) is 0 Å². The lowest BCUT2D eigenvalue weighted by Gasteiger charge is -2.07. The van der Waals surface area contributed by atoms with E-state index in [4.69, 9.17) is 14.7 Å². The van der Waals surface area contributed by atoms with Gasteiger partial charge in [-0.3, -0.25) is 10.1 Å². The van der Waals surface area contributed by atoms with Crippen LogP contribution in [0.4, 0.5) is 5.69 Å². The summed E-state index contributed by atoms with van der Waals surface area (Å²) >= 11 is 0. The fraction of sp³-hybridized carbons (Fsp3) is 0.417. The number of nitro benzene ring substituents is 1. The van der Waals surface area contributed by atoms with Crippen LogP contribution >= 0.6 is 0 Å². The summed E-state index contributed by atoms with van der Waals surface area (Å²) in [4.78, 5) is 10.3. The zero-order valence-corrected chi connectivity index (χ0v) is 10.1. The molecule has 0 unspecified atom stereocenters. The van der Waals surface area contributed by atoms with Crippen molar-refractivity contribution in [3.05, 3.63) is 28.3 Å². The van der Waals surface area contributed by atoms with Gasteiger partial charge in [0.05, 0.1) is 30.8 Å². The molecule has 0 radical (unpaired) electrons. The second kappa shape index (κ2) is 7.12. The first-order valence-electron chi connectivity index (χ1n) is 5.51. The Morgan fingerprint density at radius 1 is 1.44 bits per heavy atom. The number of unbranched alkanes of at least 4 members (excludes halogenated alkanes) is 2. The first-order chi connectivity index (χ1) is 8.69. The highest BCUT2D eigenvalue weighted by Gasteiger charge is 2.16. The number of benzene rings is 1. The van der Waals surface area contributed by atoms with Crippen LogP contribution in [0.15, 0.2) is 18.2 Å². The molecule has 1 aromatic carbocycles. The van der Waals surface area contributed by atoms with Crippen LogP contribution in [0.25, 0.3) is 0 Å². The minimum Gasteiger partial charge on any atom is -0.496 e. The first-order valence-corrected chi connectivity index (χ1v) is 5.51. The van der Waals surface area contributed by atoms with Crippen molar-refractivity contribution in [3.8, 4) is 17.6 Å². The number of rotatable bonds is 7. The summed E-state index contributed by atoms with van der Waals surface area (Å²) in [5, 5.41) is 19.2. The summed E-state index contributed by atoms with van der Waals surface area (Å²) in [6, 6.07) is 6.48. The highest BCUT2D eigenvalue weighted by Crippen LogP contribution is 2.31. The fourth-order valence-corrected chi connectivity index (χ4v) is 1.38. The number of methoxy groups -OCH3 is 1. The van der Waals surface area contributed by atoms with E-state index in [0.29, 0.717) is 25.2 Å². The third-order valence-electron chi connectivity index (χ3n) is 2.30. The summed E-state index contributed by atoms with van der Waals surface area (Å²) < 4.78 is 10.3. The molecule has 0 amide bonds. The summed E-state index contributed by atoms with van der Waals surface area (Å²) in [5.41, 5.74) is -0.116. The summed E-state index contributed by atoms with van der Waals surface area (Å²) in [6.45, 7) is 0.356. The molecule has 96 valence electrons. The van der Waals surface area contributed by atoms with E-state index >= 15 is 0 Å². The van der Waals surface area contributed by atoms with Gasteiger partial charge in [-0.2, -0.15) is 5.26 Å². The molecule has 0 atom stereocenters. The Balaban J connectivity index is 2.64. The van der Waals surface area contributed by atoms with E-state index in [0.717, 1.165) is 6.42 Å². The SMILES string of the molecule is COc1ccc(OCCCCC#N)c([N+](=O)[O-])c1. The van der Waals surface area contributed by atoms with E-state index in [9.17, 15) is 10.1 Å². The quantitative estimate of drug-likeness (QED) is 0.422. The van der Waals surface area contributed by atoms with Gasteiger partial charge < -0.3 is 9.47 Å². The van der Waals surface area contributed by atoms with Crippen molar-refractivity contribution in [2.75, 3.05) is 13.7 Å². The number of hydrogen-bond acceptors (Lipinski definition) is 5. The van der Waals surface area contributed by atoms with Gasteiger partial charge in [-0.1, -0.05) is 0 Å². The lowest BCUT2D eigenvalue weighted by molar-refractivity contribution is -0.385. The number of nitrogens with zero attached hydrogens (tertiary/aromatic N) is 2. The van der Waals surface area contributed by atoms with Gasteiger partial charge in [-0.05, 0) is 25.0 Å². The zero-order valence-electron chi connectivity index (χ0n) is 10.1. The van der Waals surface area contributed by atoms with Crippen LogP contribution in [0.3, 0.4) is 0 Å². The largest absolute Gasteiger partial charge is 0.496 e. The van der Waals surface area contributed by atoms with Gasteiger partial charge in [0.25, 0.3) is 0 Å². The Morgan fingerprint density at radius 3 is 2.83 bits per heavy atom. The van der Waals surface area contributed by atoms with E-state index < -0.39 is 4.92 Å². The summed E-state index contributed by atoms with van der Waals surface area (Å²) in [6.07, 6.45) is 1.88. The molecular weight excluding hydrogens is 236 g/mol. The Morgan fingerprint density at radius 2 is 2.22 bits per heavy atom. The lowest BCUT2D eigenvalue weighted by atomic mass is 10.2. The standard InChI is InChI=1S/C12H14N2O4/c1-17-10-5-6-12(11(9-10)14(15)16)18-8-4-2-3-7-13/h5-6,9H,2-4,8H2,1H3. The molecule has 0 heterocycles. The highest BCUT2D eigenvalue weighted by molar-refractivity contribution is 5.50. The highest BCUT2D eigenvalue weighted by atomic mass is 16.6. The molecule has 0 N–H and O–H groups in total. The van der Waals surface area contributed by atoms with Crippen LogP contribution in [0.5, 0.6) is 11.5 Å². The number of nitriles is 1. The van der Waals surface area contributed by atoms with Crippen LogP contribution in [0.2, 0.25) is 0 Å². The van der Waals surface area contributed by atoms with E-state index in [-0.39, 0.29) is 11.4 Å². The summed E-state index contributed by atoms with van der Waals surface area (Å²) in [5.74, 6) is 0.635. The van der Waals surface area contributed by atoms with Crippen LogP contribution in [-0.2, 0) is 0 Å². The number of ether oxygens (including phenoxy) is 2. The Hall–Kier alpha value is -2.29. The van der Waals surface area contributed by atoms with Gasteiger partial charge in [0.2, 0.25) is 0 Å². The predicted molar refractivity (Wildman–Crippen MR) is 64.6 cm³/mol. The van der Waals surface area contributed by atoms with E-state index in [2.05, 4.69) is 0 Å². The van der Waals surface area contributed by atoms with Gasteiger partial charge in [0.15, 0.2) is 5.75 Å². The molecule has 0 aliphatic heterocycles. The van der Waals surface area contributed by atoms with Crippen molar-refractivity contribution >= 4 is 5.69 Å². The fourth-order valence-electron chi connectivity index (χ4n) is 1.38. The molecule has 0 saturated carbocycles.